The van der Waals surface area contributed by atoms with Gasteiger partial charge in [-0.15, -0.1) is 0 Å². The number of amides is 2. The van der Waals surface area contributed by atoms with Gasteiger partial charge in [0.1, 0.15) is 5.75 Å². The number of fused-ring (bicyclic) bond motifs is 1. The van der Waals surface area contributed by atoms with Crippen molar-refractivity contribution in [1.29, 1.82) is 0 Å². The molecule has 3 aromatic rings. The lowest BCUT2D eigenvalue weighted by molar-refractivity contribution is 0.183. The maximum atomic E-state index is 12.2. The molecule has 3 rings (SSSR count). The van der Waals surface area contributed by atoms with Crippen LogP contribution in [0.25, 0.3) is 10.8 Å². The second-order valence-corrected chi connectivity index (χ2v) is 5.78. The number of anilines is 1. The van der Waals surface area contributed by atoms with Gasteiger partial charge in [0.15, 0.2) is 6.23 Å². The van der Waals surface area contributed by atoms with E-state index >= 15 is 0 Å². The number of nitrogens with one attached hydrogen (secondary N) is 2. The minimum Gasteiger partial charge on any atom is -0.471 e. The maximum absolute atomic E-state index is 12.2. The molecule has 0 aliphatic heterocycles. The average molecular weight is 341 g/mol. The van der Waals surface area contributed by atoms with Gasteiger partial charge in [-0.3, -0.25) is 0 Å². The molecule has 0 bridgehead atoms. The first kappa shape index (κ1) is 16.1. The van der Waals surface area contributed by atoms with Crippen molar-refractivity contribution in [3.05, 3.63) is 71.8 Å². The van der Waals surface area contributed by atoms with Gasteiger partial charge in [0.25, 0.3) is 0 Å². The predicted molar refractivity (Wildman–Crippen MR) is 97.6 cm³/mol. The van der Waals surface area contributed by atoms with E-state index in [-0.39, 0.29) is 6.03 Å². The van der Waals surface area contributed by atoms with E-state index in [1.54, 1.807) is 31.2 Å². The summed E-state index contributed by atoms with van der Waals surface area (Å²) < 4.78 is 5.63. The van der Waals surface area contributed by atoms with Crippen LogP contribution in [-0.2, 0) is 0 Å². The molecule has 0 spiro atoms. The zero-order valence-electron chi connectivity index (χ0n) is 13.1. The third-order valence-electron chi connectivity index (χ3n) is 3.50. The molecule has 0 fully saturated rings. The van der Waals surface area contributed by atoms with E-state index < -0.39 is 6.23 Å². The predicted octanol–water partition coefficient (Wildman–Crippen LogP) is 5.04. The third-order valence-corrected chi connectivity index (χ3v) is 3.75. The number of benzene rings is 3. The van der Waals surface area contributed by atoms with Crippen LogP contribution in [0.4, 0.5) is 10.5 Å². The summed E-state index contributed by atoms with van der Waals surface area (Å²) in [7, 11) is 0. The molecule has 24 heavy (non-hydrogen) atoms. The van der Waals surface area contributed by atoms with Crippen molar-refractivity contribution in [2.45, 2.75) is 13.2 Å². The van der Waals surface area contributed by atoms with E-state index in [0.717, 1.165) is 16.5 Å². The van der Waals surface area contributed by atoms with Gasteiger partial charge in [0.05, 0.1) is 5.69 Å². The molecule has 122 valence electrons. The smallest absolute Gasteiger partial charge is 0.322 e. The summed E-state index contributed by atoms with van der Waals surface area (Å²) in [6, 6.07) is 20.3. The lowest BCUT2D eigenvalue weighted by Gasteiger charge is -2.17. The number of carbonyl (C=O) groups excluding carboxylic acids is 1. The van der Waals surface area contributed by atoms with Gasteiger partial charge in [-0.05, 0) is 42.6 Å². The number of ether oxygens (including phenoxy) is 1. The van der Waals surface area contributed by atoms with Crippen LogP contribution in [0.1, 0.15) is 6.92 Å². The molecule has 0 radical (unpaired) electrons. The van der Waals surface area contributed by atoms with E-state index in [1.807, 2.05) is 42.5 Å². The first-order valence-electron chi connectivity index (χ1n) is 7.59. The molecular weight excluding hydrogens is 324 g/mol. The highest BCUT2D eigenvalue weighted by Crippen LogP contribution is 2.23. The average Bonchev–Trinajstić information content (AvgIpc) is 2.57. The summed E-state index contributed by atoms with van der Waals surface area (Å²) in [5, 5.41) is 8.30. The molecule has 0 saturated heterocycles. The van der Waals surface area contributed by atoms with Crippen molar-refractivity contribution in [3.8, 4) is 5.75 Å². The Labute approximate surface area is 145 Å². The van der Waals surface area contributed by atoms with Gasteiger partial charge in [-0.2, -0.15) is 0 Å². The summed E-state index contributed by atoms with van der Waals surface area (Å²) in [5.74, 6) is 0.636. The Balaban J connectivity index is 1.63. The Kier molecular flexibility index (Phi) is 4.87. The second kappa shape index (κ2) is 7.23. The number of rotatable bonds is 4. The minimum atomic E-state index is -0.485. The second-order valence-electron chi connectivity index (χ2n) is 5.34. The van der Waals surface area contributed by atoms with Crippen molar-refractivity contribution in [2.24, 2.45) is 0 Å². The molecule has 5 heteroatoms. The molecule has 0 aliphatic rings. The standard InChI is InChI=1S/C19H17ClN2O2/c1-13(24-16-11-9-15(20)10-12-16)21-19(23)22-18-8-4-6-14-5-2-3-7-17(14)18/h2-13H,1H3,(H2,21,22,23). The van der Waals surface area contributed by atoms with Crippen LogP contribution in [0.3, 0.4) is 0 Å². The zero-order chi connectivity index (χ0) is 16.9. The SMILES string of the molecule is CC(NC(=O)Nc1cccc2ccccc12)Oc1ccc(Cl)cc1. The number of hydrogen-bond donors (Lipinski definition) is 2. The highest BCUT2D eigenvalue weighted by atomic mass is 35.5. The van der Waals surface area contributed by atoms with Crippen molar-refractivity contribution in [2.75, 3.05) is 5.32 Å². The molecule has 3 aromatic carbocycles. The number of urea groups is 1. The summed E-state index contributed by atoms with van der Waals surface area (Å²) >= 11 is 5.84. The molecule has 0 aliphatic carbocycles. The van der Waals surface area contributed by atoms with Gasteiger partial charge in [0.2, 0.25) is 0 Å². The minimum absolute atomic E-state index is 0.326. The fraction of sp³-hybridized carbons (Fsp3) is 0.105. The van der Waals surface area contributed by atoms with Crippen LogP contribution in [0.15, 0.2) is 66.7 Å². The van der Waals surface area contributed by atoms with Crippen LogP contribution in [-0.4, -0.2) is 12.3 Å². The Hall–Kier alpha value is -2.72. The van der Waals surface area contributed by atoms with Gasteiger partial charge in [-0.25, -0.2) is 4.79 Å². The highest BCUT2D eigenvalue weighted by Gasteiger charge is 2.10. The van der Waals surface area contributed by atoms with Crippen LogP contribution in [0.5, 0.6) is 5.75 Å². The molecule has 0 heterocycles. The van der Waals surface area contributed by atoms with Crippen molar-refractivity contribution < 1.29 is 9.53 Å². The van der Waals surface area contributed by atoms with E-state index in [1.165, 1.54) is 0 Å². The first-order chi connectivity index (χ1) is 11.6. The van der Waals surface area contributed by atoms with E-state index in [0.29, 0.717) is 10.8 Å². The third kappa shape index (κ3) is 3.97. The Morgan fingerprint density at radius 3 is 2.50 bits per heavy atom. The van der Waals surface area contributed by atoms with Gasteiger partial charge in [-0.1, -0.05) is 48.0 Å². The lowest BCUT2D eigenvalue weighted by Crippen LogP contribution is -2.39. The van der Waals surface area contributed by atoms with Gasteiger partial charge in [0, 0.05) is 10.4 Å². The van der Waals surface area contributed by atoms with Crippen LogP contribution in [0.2, 0.25) is 5.02 Å². The molecule has 4 nitrogen and oxygen atoms in total. The normalized spacial score (nSPS) is 11.8. The Morgan fingerprint density at radius 1 is 1.00 bits per heavy atom. The van der Waals surface area contributed by atoms with E-state index in [9.17, 15) is 4.79 Å². The molecule has 1 atom stereocenters. The van der Waals surface area contributed by atoms with E-state index in [4.69, 9.17) is 16.3 Å². The summed E-state index contributed by atoms with van der Waals surface area (Å²) in [4.78, 5) is 12.2. The molecule has 2 amide bonds. The van der Waals surface area contributed by atoms with Gasteiger partial charge < -0.3 is 15.4 Å². The Bertz CT molecular complexity index is 844. The maximum Gasteiger partial charge on any atom is 0.322 e. The lowest BCUT2D eigenvalue weighted by atomic mass is 10.1. The fourth-order valence-corrected chi connectivity index (χ4v) is 2.55. The number of hydrogen-bond acceptors (Lipinski definition) is 2. The number of carbonyl (C=O) groups is 1. The Morgan fingerprint density at radius 2 is 1.71 bits per heavy atom. The molecule has 2 N–H and O–H groups in total. The molecule has 0 aromatic heterocycles. The van der Waals surface area contributed by atoms with Crippen molar-refractivity contribution in [3.63, 3.8) is 0 Å². The summed E-state index contributed by atoms with van der Waals surface area (Å²) in [6.07, 6.45) is -0.485. The van der Waals surface area contributed by atoms with Crippen LogP contribution < -0.4 is 15.4 Å². The van der Waals surface area contributed by atoms with E-state index in [2.05, 4.69) is 10.6 Å². The largest absolute Gasteiger partial charge is 0.471 e. The zero-order valence-corrected chi connectivity index (χ0v) is 13.9. The van der Waals surface area contributed by atoms with Gasteiger partial charge >= 0.3 is 6.03 Å². The summed E-state index contributed by atoms with van der Waals surface area (Å²) in [5.41, 5.74) is 0.754. The molecule has 0 saturated carbocycles. The fourth-order valence-electron chi connectivity index (χ4n) is 2.42. The molecule has 1 unspecified atom stereocenters. The van der Waals surface area contributed by atoms with Crippen LogP contribution in [0, 0.1) is 0 Å². The summed E-state index contributed by atoms with van der Waals surface area (Å²) in [6.45, 7) is 1.76. The monoisotopic (exact) mass is 340 g/mol. The first-order valence-corrected chi connectivity index (χ1v) is 7.97. The molecular formula is C19H17ClN2O2. The number of halogens is 1. The van der Waals surface area contributed by atoms with Crippen molar-refractivity contribution in [1.82, 2.24) is 5.32 Å². The van der Waals surface area contributed by atoms with Crippen molar-refractivity contribution >= 4 is 34.1 Å². The van der Waals surface area contributed by atoms with Crippen LogP contribution >= 0.6 is 11.6 Å². The topological polar surface area (TPSA) is 50.4 Å². The highest BCUT2D eigenvalue weighted by molar-refractivity contribution is 6.30. The quantitative estimate of drug-likeness (QED) is 0.654.